The normalized spacial score (nSPS) is 17.9. The van der Waals surface area contributed by atoms with Crippen LogP contribution in [0.2, 0.25) is 0 Å². The molecule has 0 amide bonds. The minimum absolute atomic E-state index is 0.201. The van der Waals surface area contributed by atoms with E-state index in [4.69, 9.17) is 10.3 Å². The van der Waals surface area contributed by atoms with Crippen molar-refractivity contribution in [2.75, 3.05) is 0 Å². The van der Waals surface area contributed by atoms with E-state index in [-0.39, 0.29) is 11.9 Å². The molecule has 1 atom stereocenters. The van der Waals surface area contributed by atoms with E-state index >= 15 is 0 Å². The van der Waals surface area contributed by atoms with Crippen LogP contribution in [0.4, 0.5) is 4.39 Å². The van der Waals surface area contributed by atoms with Crippen LogP contribution in [0.15, 0.2) is 22.7 Å². The zero-order chi connectivity index (χ0) is 14.8. The van der Waals surface area contributed by atoms with Crippen LogP contribution in [-0.2, 0) is 0 Å². The van der Waals surface area contributed by atoms with Gasteiger partial charge in [-0.15, -0.1) is 0 Å². The molecule has 1 aromatic heterocycles. The van der Waals surface area contributed by atoms with Crippen molar-refractivity contribution in [2.24, 2.45) is 11.7 Å². The fraction of sp³-hybridized carbons (Fsp3) is 0.500. The Balaban J connectivity index is 1.80. The summed E-state index contributed by atoms with van der Waals surface area (Å²) >= 11 is 0. The molecule has 0 saturated heterocycles. The lowest BCUT2D eigenvalue weighted by Crippen LogP contribution is -2.23. The Morgan fingerprint density at radius 2 is 2.05 bits per heavy atom. The van der Waals surface area contributed by atoms with Crippen molar-refractivity contribution in [1.29, 1.82) is 0 Å². The van der Waals surface area contributed by atoms with Gasteiger partial charge in [-0.05, 0) is 49.4 Å². The molecular formula is C16H20FN3O. The van der Waals surface area contributed by atoms with Gasteiger partial charge < -0.3 is 10.3 Å². The van der Waals surface area contributed by atoms with Crippen LogP contribution in [0.5, 0.6) is 0 Å². The van der Waals surface area contributed by atoms with Crippen molar-refractivity contribution in [3.8, 4) is 11.4 Å². The maximum atomic E-state index is 13.3. The zero-order valence-corrected chi connectivity index (χ0v) is 12.2. The van der Waals surface area contributed by atoms with E-state index in [9.17, 15) is 4.39 Å². The molecule has 1 fully saturated rings. The summed E-state index contributed by atoms with van der Waals surface area (Å²) in [5, 5.41) is 3.98. The van der Waals surface area contributed by atoms with Gasteiger partial charge in [0.15, 0.2) is 0 Å². The maximum Gasteiger partial charge on any atom is 0.244 e. The lowest BCUT2D eigenvalue weighted by atomic mass is 9.84. The molecule has 0 radical (unpaired) electrons. The Hall–Kier alpha value is -1.75. The highest BCUT2D eigenvalue weighted by atomic mass is 19.1. The first-order valence-electron chi connectivity index (χ1n) is 7.51. The highest BCUT2D eigenvalue weighted by Crippen LogP contribution is 2.32. The van der Waals surface area contributed by atoms with Crippen LogP contribution in [-0.4, -0.2) is 10.1 Å². The van der Waals surface area contributed by atoms with E-state index < -0.39 is 0 Å². The molecule has 1 saturated carbocycles. The average molecular weight is 289 g/mol. The highest BCUT2D eigenvalue weighted by molar-refractivity contribution is 5.55. The Morgan fingerprint density at radius 3 is 2.76 bits per heavy atom. The summed E-state index contributed by atoms with van der Waals surface area (Å²) in [5.41, 5.74) is 7.57. The summed E-state index contributed by atoms with van der Waals surface area (Å²) in [6.45, 7) is 1.72. The van der Waals surface area contributed by atoms with Crippen molar-refractivity contribution in [2.45, 2.75) is 45.1 Å². The summed E-state index contributed by atoms with van der Waals surface area (Å²) in [7, 11) is 0. The molecule has 21 heavy (non-hydrogen) atoms. The number of aryl methyl sites for hydroxylation is 1. The number of benzene rings is 1. The second-order valence-electron chi connectivity index (χ2n) is 5.84. The van der Waals surface area contributed by atoms with Gasteiger partial charge in [-0.25, -0.2) is 4.39 Å². The molecule has 1 unspecified atom stereocenters. The molecule has 1 aromatic carbocycles. The third kappa shape index (κ3) is 2.97. The van der Waals surface area contributed by atoms with E-state index in [0.29, 0.717) is 23.2 Å². The van der Waals surface area contributed by atoms with Gasteiger partial charge in [-0.1, -0.05) is 24.4 Å². The molecule has 0 spiro atoms. The number of nitrogens with zero attached hydrogens (tertiary/aromatic N) is 2. The Labute approximate surface area is 123 Å². The van der Waals surface area contributed by atoms with Crippen molar-refractivity contribution in [3.63, 3.8) is 0 Å². The average Bonchev–Trinajstić information content (AvgIpc) is 3.00. The molecule has 1 aliphatic carbocycles. The molecule has 0 aliphatic heterocycles. The Bertz CT molecular complexity index is 620. The third-order valence-electron chi connectivity index (χ3n) is 4.30. The number of nitrogens with two attached hydrogens (primary N) is 1. The lowest BCUT2D eigenvalue weighted by Gasteiger charge is -2.24. The number of hydrogen-bond donors (Lipinski definition) is 1. The van der Waals surface area contributed by atoms with Gasteiger partial charge in [-0.2, -0.15) is 4.98 Å². The van der Waals surface area contributed by atoms with Crippen LogP contribution in [0.1, 0.15) is 49.6 Å². The molecule has 112 valence electrons. The molecular weight excluding hydrogens is 269 g/mol. The van der Waals surface area contributed by atoms with Crippen LogP contribution < -0.4 is 5.73 Å². The lowest BCUT2D eigenvalue weighted by molar-refractivity contribution is 0.255. The second-order valence-corrected chi connectivity index (χ2v) is 5.84. The monoisotopic (exact) mass is 289 g/mol. The van der Waals surface area contributed by atoms with E-state index in [2.05, 4.69) is 10.1 Å². The fourth-order valence-electron chi connectivity index (χ4n) is 2.97. The van der Waals surface area contributed by atoms with Gasteiger partial charge in [0.1, 0.15) is 5.82 Å². The van der Waals surface area contributed by atoms with Crippen LogP contribution in [0.25, 0.3) is 11.4 Å². The minimum Gasteiger partial charge on any atom is -0.337 e. The standard InChI is InChI=1S/C16H20FN3O/c1-10-9-12(7-8-13(10)17)15-19-16(21-20-15)14(18)11-5-3-2-4-6-11/h7-9,11,14H,2-6,18H2,1H3. The number of rotatable bonds is 3. The molecule has 2 N–H and O–H groups in total. The molecule has 5 heteroatoms. The summed E-state index contributed by atoms with van der Waals surface area (Å²) in [4.78, 5) is 4.40. The molecule has 4 nitrogen and oxygen atoms in total. The van der Waals surface area contributed by atoms with Crippen molar-refractivity contribution >= 4 is 0 Å². The molecule has 2 aromatic rings. The SMILES string of the molecule is Cc1cc(-c2noc(C(N)C3CCCCC3)n2)ccc1F. The highest BCUT2D eigenvalue weighted by Gasteiger charge is 2.26. The Morgan fingerprint density at radius 1 is 1.29 bits per heavy atom. The smallest absolute Gasteiger partial charge is 0.244 e. The van der Waals surface area contributed by atoms with Gasteiger partial charge in [0.2, 0.25) is 11.7 Å². The van der Waals surface area contributed by atoms with Gasteiger partial charge in [-0.3, -0.25) is 0 Å². The molecule has 1 aliphatic rings. The van der Waals surface area contributed by atoms with Crippen LogP contribution in [0.3, 0.4) is 0 Å². The number of halogens is 1. The van der Waals surface area contributed by atoms with Gasteiger partial charge in [0.05, 0.1) is 6.04 Å². The van der Waals surface area contributed by atoms with Crippen molar-refractivity contribution < 1.29 is 8.91 Å². The summed E-state index contributed by atoms with van der Waals surface area (Å²) in [6, 6.07) is 4.59. The predicted octanol–water partition coefficient (Wildman–Crippen LogP) is 3.76. The zero-order valence-electron chi connectivity index (χ0n) is 12.2. The Kier molecular flexibility index (Phi) is 4.01. The summed E-state index contributed by atoms with van der Waals surface area (Å²) < 4.78 is 18.6. The van der Waals surface area contributed by atoms with Crippen LogP contribution in [0, 0.1) is 18.7 Å². The van der Waals surface area contributed by atoms with Gasteiger partial charge in [0, 0.05) is 5.56 Å². The maximum absolute atomic E-state index is 13.3. The summed E-state index contributed by atoms with van der Waals surface area (Å²) in [6.07, 6.45) is 5.96. The minimum atomic E-state index is -0.235. The van der Waals surface area contributed by atoms with E-state index in [1.807, 2.05) is 0 Å². The first-order chi connectivity index (χ1) is 10.1. The van der Waals surface area contributed by atoms with E-state index in [1.54, 1.807) is 19.1 Å². The molecule has 3 rings (SSSR count). The summed E-state index contributed by atoms with van der Waals surface area (Å²) in [5.74, 6) is 1.14. The molecule has 1 heterocycles. The third-order valence-corrected chi connectivity index (χ3v) is 4.30. The second kappa shape index (κ2) is 5.93. The first kappa shape index (κ1) is 14.2. The fourth-order valence-corrected chi connectivity index (χ4v) is 2.97. The van der Waals surface area contributed by atoms with Crippen LogP contribution >= 0.6 is 0 Å². The van der Waals surface area contributed by atoms with Crippen molar-refractivity contribution in [1.82, 2.24) is 10.1 Å². The van der Waals surface area contributed by atoms with Gasteiger partial charge >= 0.3 is 0 Å². The number of aromatic nitrogens is 2. The van der Waals surface area contributed by atoms with E-state index in [0.717, 1.165) is 18.4 Å². The predicted molar refractivity (Wildman–Crippen MR) is 77.9 cm³/mol. The topological polar surface area (TPSA) is 64.9 Å². The largest absolute Gasteiger partial charge is 0.337 e. The van der Waals surface area contributed by atoms with Gasteiger partial charge in [0.25, 0.3) is 0 Å². The van der Waals surface area contributed by atoms with E-state index in [1.165, 1.54) is 25.3 Å². The quantitative estimate of drug-likeness (QED) is 0.934. The number of hydrogen-bond acceptors (Lipinski definition) is 4. The molecule has 0 bridgehead atoms. The first-order valence-corrected chi connectivity index (χ1v) is 7.51. The van der Waals surface area contributed by atoms with Crippen molar-refractivity contribution in [3.05, 3.63) is 35.5 Å².